The molecule has 0 saturated carbocycles. The highest BCUT2D eigenvalue weighted by Crippen LogP contribution is 2.17. The molecule has 0 heterocycles. The van der Waals surface area contributed by atoms with Gasteiger partial charge in [0.15, 0.2) is 0 Å². The molecule has 0 saturated heterocycles. The van der Waals surface area contributed by atoms with Gasteiger partial charge in [0.25, 0.3) is 0 Å². The molecule has 1 rings (SSSR count). The largest absolute Gasteiger partial charge is 0.300 e. The van der Waals surface area contributed by atoms with Crippen molar-refractivity contribution in [3.8, 4) is 0 Å². The molecule has 0 aliphatic heterocycles. The van der Waals surface area contributed by atoms with Crippen LogP contribution in [0.25, 0.3) is 0 Å². The molecule has 1 N–H and O–H groups in total. The summed E-state index contributed by atoms with van der Waals surface area (Å²) in [6.45, 7) is 3.01. The van der Waals surface area contributed by atoms with Crippen LogP contribution in [-0.2, 0) is 6.54 Å². The first kappa shape index (κ1) is 10.9. The Morgan fingerprint density at radius 2 is 2.00 bits per heavy atom. The van der Waals surface area contributed by atoms with E-state index in [4.69, 9.17) is 11.6 Å². The predicted molar refractivity (Wildman–Crippen MR) is 60.4 cm³/mol. The van der Waals surface area contributed by atoms with Crippen LogP contribution in [0.4, 0.5) is 0 Å². The maximum atomic E-state index is 5.52. The summed E-state index contributed by atoms with van der Waals surface area (Å²) in [6.07, 6.45) is 0. The van der Waals surface area contributed by atoms with E-state index < -0.39 is 0 Å². The number of nitrogens with one attached hydrogen (secondary N) is 1. The molecule has 0 radical (unpaired) electrons. The average Bonchev–Trinajstić information content (AvgIpc) is 2.17. The molecule has 1 nitrogen and oxygen atoms in total. The van der Waals surface area contributed by atoms with Gasteiger partial charge < -0.3 is 0 Å². The fourth-order valence-electron chi connectivity index (χ4n) is 1.06. The second kappa shape index (κ2) is 6.30. The number of hydrogen-bond acceptors (Lipinski definition) is 2. The van der Waals surface area contributed by atoms with Gasteiger partial charge >= 0.3 is 0 Å². The molecule has 3 heteroatoms. The maximum Gasteiger partial charge on any atom is 0.0716 e. The van der Waals surface area contributed by atoms with Gasteiger partial charge in [-0.15, -0.1) is 23.4 Å². The van der Waals surface area contributed by atoms with E-state index in [1.807, 2.05) is 11.8 Å². The Labute approximate surface area is 88.9 Å². The van der Waals surface area contributed by atoms with Crippen LogP contribution in [0.5, 0.6) is 0 Å². The Balaban J connectivity index is 2.48. The van der Waals surface area contributed by atoms with Crippen LogP contribution in [-0.4, -0.2) is 11.8 Å². The highest BCUT2D eigenvalue weighted by molar-refractivity contribution is 7.99. The summed E-state index contributed by atoms with van der Waals surface area (Å²) in [4.78, 5) is 1.33. The standard InChI is InChI=1S/C10H14ClNS/c1-2-13-10-5-3-9(4-6-10)7-12-8-11/h3-6,12H,2,7-8H2,1H3. The second-order valence-electron chi connectivity index (χ2n) is 2.64. The third-order valence-corrected chi connectivity index (χ3v) is 2.74. The molecule has 0 bridgehead atoms. The zero-order valence-corrected chi connectivity index (χ0v) is 9.29. The second-order valence-corrected chi connectivity index (χ2v) is 4.24. The molecular formula is C10H14ClNS. The Hall–Kier alpha value is -0.180. The van der Waals surface area contributed by atoms with E-state index in [9.17, 15) is 0 Å². The van der Waals surface area contributed by atoms with Crippen LogP contribution in [0.3, 0.4) is 0 Å². The summed E-state index contributed by atoms with van der Waals surface area (Å²) in [5.74, 6) is 1.12. The highest BCUT2D eigenvalue weighted by atomic mass is 35.5. The minimum atomic E-state index is 0.505. The smallest absolute Gasteiger partial charge is 0.0716 e. The molecular weight excluding hydrogens is 202 g/mol. The van der Waals surface area contributed by atoms with Crippen molar-refractivity contribution in [2.75, 3.05) is 11.8 Å². The minimum Gasteiger partial charge on any atom is -0.300 e. The van der Waals surface area contributed by atoms with Crippen molar-refractivity contribution in [2.24, 2.45) is 0 Å². The highest BCUT2D eigenvalue weighted by Gasteiger charge is 1.93. The Kier molecular flexibility index (Phi) is 5.28. The maximum absolute atomic E-state index is 5.52. The predicted octanol–water partition coefficient (Wildman–Crippen LogP) is 3.08. The molecule has 0 spiro atoms. The first-order chi connectivity index (χ1) is 6.36. The summed E-state index contributed by atoms with van der Waals surface area (Å²) in [7, 11) is 0. The molecule has 1 aromatic rings. The summed E-state index contributed by atoms with van der Waals surface area (Å²) in [5.41, 5.74) is 1.28. The van der Waals surface area contributed by atoms with Crippen LogP contribution in [0.2, 0.25) is 0 Å². The first-order valence-corrected chi connectivity index (χ1v) is 5.87. The van der Waals surface area contributed by atoms with E-state index in [1.165, 1.54) is 10.5 Å². The number of alkyl halides is 1. The summed E-state index contributed by atoms with van der Waals surface area (Å²) in [6, 6.07) is 9.08. The van der Waals surface area contributed by atoms with E-state index in [2.05, 4.69) is 36.5 Å². The fourth-order valence-corrected chi connectivity index (χ4v) is 1.82. The number of hydrogen-bond donors (Lipinski definition) is 1. The minimum absolute atomic E-state index is 0.505. The molecule has 0 fully saturated rings. The molecule has 0 aliphatic carbocycles. The molecule has 0 amide bonds. The lowest BCUT2D eigenvalue weighted by molar-refractivity contribution is 0.791. The fraction of sp³-hybridized carbons (Fsp3) is 0.400. The van der Waals surface area contributed by atoms with E-state index in [0.717, 1.165) is 12.3 Å². The van der Waals surface area contributed by atoms with Crippen LogP contribution < -0.4 is 5.32 Å². The lowest BCUT2D eigenvalue weighted by atomic mass is 10.2. The number of benzene rings is 1. The lowest BCUT2D eigenvalue weighted by Gasteiger charge is -2.02. The van der Waals surface area contributed by atoms with Crippen molar-refractivity contribution in [3.05, 3.63) is 29.8 Å². The van der Waals surface area contributed by atoms with Gasteiger partial charge in [-0.2, -0.15) is 0 Å². The van der Waals surface area contributed by atoms with E-state index in [-0.39, 0.29) is 0 Å². The van der Waals surface area contributed by atoms with E-state index >= 15 is 0 Å². The quantitative estimate of drug-likeness (QED) is 0.460. The zero-order valence-electron chi connectivity index (χ0n) is 7.72. The van der Waals surface area contributed by atoms with E-state index in [1.54, 1.807) is 0 Å². The van der Waals surface area contributed by atoms with Crippen molar-refractivity contribution < 1.29 is 0 Å². The van der Waals surface area contributed by atoms with Crippen LogP contribution in [0, 0.1) is 0 Å². The van der Waals surface area contributed by atoms with E-state index in [0.29, 0.717) is 6.00 Å². The number of rotatable bonds is 5. The van der Waals surface area contributed by atoms with Crippen molar-refractivity contribution in [3.63, 3.8) is 0 Å². The number of thioether (sulfide) groups is 1. The number of halogens is 1. The summed E-state index contributed by atoms with van der Waals surface area (Å²) < 4.78 is 0. The normalized spacial score (nSPS) is 10.3. The van der Waals surface area contributed by atoms with Gasteiger partial charge in [-0.1, -0.05) is 19.1 Å². The Morgan fingerprint density at radius 3 is 2.54 bits per heavy atom. The molecule has 13 heavy (non-hydrogen) atoms. The third-order valence-electron chi connectivity index (χ3n) is 1.66. The molecule has 0 atom stereocenters. The van der Waals surface area contributed by atoms with Crippen molar-refractivity contribution in [1.82, 2.24) is 5.32 Å². The SMILES string of the molecule is CCSc1ccc(CNCCl)cc1. The first-order valence-electron chi connectivity index (χ1n) is 4.35. The lowest BCUT2D eigenvalue weighted by Crippen LogP contribution is -2.09. The summed E-state index contributed by atoms with van der Waals surface area (Å²) in [5, 5.41) is 3.07. The molecule has 72 valence electrons. The van der Waals surface area contributed by atoms with Gasteiger partial charge in [-0.25, -0.2) is 0 Å². The van der Waals surface area contributed by atoms with Gasteiger partial charge in [0.1, 0.15) is 0 Å². The van der Waals surface area contributed by atoms with Gasteiger partial charge in [0.2, 0.25) is 0 Å². The Bertz CT molecular complexity index is 235. The molecule has 0 unspecified atom stereocenters. The Morgan fingerprint density at radius 1 is 1.31 bits per heavy atom. The molecule has 1 aromatic carbocycles. The average molecular weight is 216 g/mol. The van der Waals surface area contributed by atoms with Gasteiger partial charge in [-0.05, 0) is 23.4 Å². The monoisotopic (exact) mass is 215 g/mol. The third kappa shape index (κ3) is 4.03. The van der Waals surface area contributed by atoms with Crippen LogP contribution in [0.1, 0.15) is 12.5 Å². The molecule has 0 aromatic heterocycles. The van der Waals surface area contributed by atoms with Crippen LogP contribution >= 0.6 is 23.4 Å². The van der Waals surface area contributed by atoms with Crippen molar-refractivity contribution in [2.45, 2.75) is 18.4 Å². The van der Waals surface area contributed by atoms with Gasteiger partial charge in [0, 0.05) is 11.4 Å². The van der Waals surface area contributed by atoms with Gasteiger partial charge in [-0.3, -0.25) is 5.32 Å². The molecule has 0 aliphatic rings. The topological polar surface area (TPSA) is 12.0 Å². The summed E-state index contributed by atoms with van der Waals surface area (Å²) >= 11 is 7.38. The zero-order chi connectivity index (χ0) is 9.52. The van der Waals surface area contributed by atoms with Crippen LogP contribution in [0.15, 0.2) is 29.2 Å². The van der Waals surface area contributed by atoms with Gasteiger partial charge in [0.05, 0.1) is 6.00 Å². The van der Waals surface area contributed by atoms with Crippen molar-refractivity contribution >= 4 is 23.4 Å². The van der Waals surface area contributed by atoms with Crippen molar-refractivity contribution in [1.29, 1.82) is 0 Å².